The van der Waals surface area contributed by atoms with E-state index in [1.807, 2.05) is 41.6 Å². The van der Waals surface area contributed by atoms with Crippen molar-refractivity contribution in [3.63, 3.8) is 0 Å². The normalized spacial score (nSPS) is 10.9. The Balaban J connectivity index is 2.89. The Kier molecular flexibility index (Phi) is 4.33. The zero-order valence-corrected chi connectivity index (χ0v) is 10.9. The minimum Gasteiger partial charge on any atom is -0.308 e. The lowest BCUT2D eigenvalue weighted by atomic mass is 10.5. The lowest BCUT2D eigenvalue weighted by molar-refractivity contribution is 0.379. The van der Waals surface area contributed by atoms with Crippen LogP contribution in [0.1, 0.15) is 0 Å². The highest BCUT2D eigenvalue weighted by molar-refractivity contribution is 14.1. The van der Waals surface area contributed by atoms with Crippen molar-refractivity contribution in [2.45, 2.75) is 6.54 Å². The van der Waals surface area contributed by atoms with E-state index in [9.17, 15) is 4.79 Å². The molecule has 0 spiro atoms. The fourth-order valence-corrected chi connectivity index (χ4v) is 1.48. The van der Waals surface area contributed by atoms with E-state index in [2.05, 4.69) is 4.98 Å². The summed E-state index contributed by atoms with van der Waals surface area (Å²) in [5.74, 6) is 0. The van der Waals surface area contributed by atoms with Crippen molar-refractivity contribution in [3.05, 3.63) is 25.4 Å². The molecule has 0 bridgehead atoms. The van der Waals surface area contributed by atoms with Crippen LogP contribution in [0.5, 0.6) is 0 Å². The minimum absolute atomic E-state index is 0.0764. The second-order valence-corrected chi connectivity index (χ2v) is 4.59. The molecule has 0 atom stereocenters. The summed E-state index contributed by atoms with van der Waals surface area (Å²) >= 11 is 7.62. The number of hydrogen-bond acceptors (Lipinski definition) is 3. The van der Waals surface area contributed by atoms with E-state index in [0.717, 1.165) is 6.54 Å². The van der Waals surface area contributed by atoms with Crippen molar-refractivity contribution in [1.82, 2.24) is 14.5 Å². The number of rotatable bonds is 3. The molecule has 4 nitrogen and oxygen atoms in total. The van der Waals surface area contributed by atoms with Gasteiger partial charge in [0.25, 0.3) is 5.56 Å². The average molecular weight is 328 g/mol. The maximum atomic E-state index is 11.6. The third kappa shape index (κ3) is 2.93. The van der Waals surface area contributed by atoms with Crippen LogP contribution < -0.4 is 5.56 Å². The third-order valence-corrected chi connectivity index (χ3v) is 3.31. The molecule has 0 amide bonds. The molecule has 6 heteroatoms. The van der Waals surface area contributed by atoms with Gasteiger partial charge < -0.3 is 4.90 Å². The first-order valence-electron chi connectivity index (χ1n) is 4.07. The van der Waals surface area contributed by atoms with Gasteiger partial charge in [-0.2, -0.15) is 0 Å². The molecule has 0 saturated heterocycles. The highest BCUT2D eigenvalue weighted by atomic mass is 127. The second-order valence-electron chi connectivity index (χ2n) is 3.15. The van der Waals surface area contributed by atoms with Gasteiger partial charge in [0.15, 0.2) is 0 Å². The molecule has 1 aromatic rings. The molecule has 0 saturated carbocycles. The minimum atomic E-state index is -0.0764. The number of hydrogen-bond donors (Lipinski definition) is 0. The summed E-state index contributed by atoms with van der Waals surface area (Å²) in [6.07, 6.45) is 1.48. The third-order valence-electron chi connectivity index (χ3n) is 1.73. The molecule has 0 fully saturated rings. The van der Waals surface area contributed by atoms with Crippen LogP contribution in [0.15, 0.2) is 11.1 Å². The lowest BCUT2D eigenvalue weighted by Crippen LogP contribution is -2.28. The van der Waals surface area contributed by atoms with Crippen molar-refractivity contribution in [2.24, 2.45) is 0 Å². The van der Waals surface area contributed by atoms with E-state index >= 15 is 0 Å². The summed E-state index contributed by atoms with van der Waals surface area (Å²) in [6, 6.07) is 0. The van der Waals surface area contributed by atoms with Crippen LogP contribution in [0, 0.1) is 3.57 Å². The highest BCUT2D eigenvalue weighted by Crippen LogP contribution is 2.09. The van der Waals surface area contributed by atoms with Crippen LogP contribution in [0.4, 0.5) is 0 Å². The Hall–Kier alpha value is -0.140. The van der Waals surface area contributed by atoms with Crippen molar-refractivity contribution >= 4 is 34.2 Å². The fraction of sp³-hybridized carbons (Fsp3) is 0.500. The first-order chi connectivity index (χ1) is 6.52. The van der Waals surface area contributed by atoms with E-state index in [4.69, 9.17) is 11.6 Å². The number of aromatic nitrogens is 2. The van der Waals surface area contributed by atoms with Gasteiger partial charge in [-0.15, -0.1) is 0 Å². The standard InChI is InChI=1S/C8H11ClIN3O/c1-12(2)3-4-13-5-11-7(9)6(10)8(13)14/h5H,3-4H2,1-2H3. The van der Waals surface area contributed by atoms with Crippen molar-refractivity contribution < 1.29 is 0 Å². The summed E-state index contributed by atoms with van der Waals surface area (Å²) in [6.45, 7) is 1.44. The van der Waals surface area contributed by atoms with Crippen LogP contribution in [-0.4, -0.2) is 35.1 Å². The van der Waals surface area contributed by atoms with Crippen LogP contribution in [0.3, 0.4) is 0 Å². The van der Waals surface area contributed by atoms with Crippen LogP contribution in [-0.2, 0) is 6.54 Å². The van der Waals surface area contributed by atoms with E-state index < -0.39 is 0 Å². The average Bonchev–Trinajstić information content (AvgIpc) is 2.13. The molecule has 0 unspecified atom stereocenters. The smallest absolute Gasteiger partial charge is 0.268 e. The monoisotopic (exact) mass is 327 g/mol. The number of halogens is 2. The molecular formula is C8H11ClIN3O. The first kappa shape index (κ1) is 11.9. The Labute approximate surface area is 101 Å². The van der Waals surface area contributed by atoms with E-state index in [1.165, 1.54) is 6.33 Å². The molecule has 1 rings (SSSR count). The maximum absolute atomic E-state index is 11.6. The van der Waals surface area contributed by atoms with Gasteiger partial charge in [0.2, 0.25) is 0 Å². The van der Waals surface area contributed by atoms with Gasteiger partial charge in [0.05, 0.1) is 6.33 Å². The second kappa shape index (κ2) is 5.09. The zero-order chi connectivity index (χ0) is 10.7. The molecule has 0 N–H and O–H groups in total. The summed E-state index contributed by atoms with van der Waals surface area (Å²) in [4.78, 5) is 17.5. The molecule has 78 valence electrons. The van der Waals surface area contributed by atoms with Crippen molar-refractivity contribution in [3.8, 4) is 0 Å². The molecule has 1 heterocycles. The quantitative estimate of drug-likeness (QED) is 0.615. The molecule has 0 aromatic carbocycles. The predicted octanol–water partition coefficient (Wildman–Crippen LogP) is 1.06. The highest BCUT2D eigenvalue weighted by Gasteiger charge is 2.06. The van der Waals surface area contributed by atoms with E-state index in [-0.39, 0.29) is 10.7 Å². The maximum Gasteiger partial charge on any atom is 0.268 e. The van der Waals surface area contributed by atoms with Gasteiger partial charge in [-0.1, -0.05) is 11.6 Å². The van der Waals surface area contributed by atoms with E-state index in [0.29, 0.717) is 10.1 Å². The summed E-state index contributed by atoms with van der Waals surface area (Å²) in [5.41, 5.74) is -0.0764. The topological polar surface area (TPSA) is 38.1 Å². The summed E-state index contributed by atoms with van der Waals surface area (Å²) < 4.78 is 2.04. The molecular weight excluding hydrogens is 316 g/mol. The van der Waals surface area contributed by atoms with Crippen molar-refractivity contribution in [1.29, 1.82) is 0 Å². The SMILES string of the molecule is CN(C)CCn1cnc(Cl)c(I)c1=O. The summed E-state index contributed by atoms with van der Waals surface area (Å²) in [7, 11) is 3.92. The zero-order valence-electron chi connectivity index (χ0n) is 8.00. The Morgan fingerprint density at radius 2 is 2.29 bits per heavy atom. The fourth-order valence-electron chi connectivity index (χ4n) is 0.911. The van der Waals surface area contributed by atoms with Gasteiger partial charge in [-0.05, 0) is 36.7 Å². The van der Waals surface area contributed by atoms with E-state index in [1.54, 1.807) is 4.57 Å². The molecule has 0 radical (unpaired) electrons. The van der Waals surface area contributed by atoms with Crippen molar-refractivity contribution in [2.75, 3.05) is 20.6 Å². The number of likely N-dealkylation sites (N-methyl/N-ethyl adjacent to an activating group) is 1. The van der Waals surface area contributed by atoms with Crippen LogP contribution >= 0.6 is 34.2 Å². The predicted molar refractivity (Wildman–Crippen MR) is 64.8 cm³/mol. The first-order valence-corrected chi connectivity index (χ1v) is 5.53. The van der Waals surface area contributed by atoms with Gasteiger partial charge in [0, 0.05) is 13.1 Å². The Bertz CT molecular complexity index is 377. The Morgan fingerprint density at radius 1 is 1.64 bits per heavy atom. The number of nitrogens with zero attached hydrogens (tertiary/aromatic N) is 3. The lowest BCUT2D eigenvalue weighted by Gasteiger charge is -2.10. The molecule has 1 aromatic heterocycles. The van der Waals surface area contributed by atoms with Crippen LogP contribution in [0.25, 0.3) is 0 Å². The van der Waals surface area contributed by atoms with Crippen LogP contribution in [0.2, 0.25) is 5.15 Å². The Morgan fingerprint density at radius 3 is 2.86 bits per heavy atom. The molecule has 14 heavy (non-hydrogen) atoms. The summed E-state index contributed by atoms with van der Waals surface area (Å²) in [5, 5.41) is 0.275. The van der Waals surface area contributed by atoms with Gasteiger partial charge in [0.1, 0.15) is 8.72 Å². The van der Waals surface area contributed by atoms with Gasteiger partial charge >= 0.3 is 0 Å². The molecule has 0 aliphatic heterocycles. The van der Waals surface area contributed by atoms with Gasteiger partial charge in [-0.25, -0.2) is 4.98 Å². The van der Waals surface area contributed by atoms with Gasteiger partial charge in [-0.3, -0.25) is 9.36 Å². The molecule has 0 aliphatic carbocycles. The largest absolute Gasteiger partial charge is 0.308 e. The molecule has 0 aliphatic rings.